The SMILES string of the molecule is CCC(C)n1ccc(Cn2cc(CNCC(C)C)cn2)n1. The van der Waals surface area contributed by atoms with Gasteiger partial charge < -0.3 is 5.32 Å². The van der Waals surface area contributed by atoms with E-state index >= 15 is 0 Å². The van der Waals surface area contributed by atoms with Crippen LogP contribution in [0.5, 0.6) is 0 Å². The van der Waals surface area contributed by atoms with Crippen molar-refractivity contribution in [2.24, 2.45) is 5.92 Å². The summed E-state index contributed by atoms with van der Waals surface area (Å²) < 4.78 is 3.99. The van der Waals surface area contributed by atoms with Gasteiger partial charge in [-0.15, -0.1) is 0 Å². The van der Waals surface area contributed by atoms with Crippen LogP contribution in [0.1, 0.15) is 51.4 Å². The maximum Gasteiger partial charge on any atom is 0.0849 e. The largest absolute Gasteiger partial charge is 0.312 e. The Balaban J connectivity index is 1.88. The molecule has 1 unspecified atom stereocenters. The van der Waals surface area contributed by atoms with Crippen LogP contribution in [-0.4, -0.2) is 26.1 Å². The fourth-order valence-corrected chi connectivity index (χ4v) is 2.15. The summed E-state index contributed by atoms with van der Waals surface area (Å²) in [5, 5.41) is 12.5. The van der Waals surface area contributed by atoms with E-state index in [4.69, 9.17) is 0 Å². The Labute approximate surface area is 127 Å². The van der Waals surface area contributed by atoms with E-state index in [2.05, 4.69) is 61.7 Å². The summed E-state index contributed by atoms with van der Waals surface area (Å²) in [6.45, 7) is 11.4. The fourth-order valence-electron chi connectivity index (χ4n) is 2.15. The molecule has 2 rings (SSSR count). The lowest BCUT2D eigenvalue weighted by molar-refractivity contribution is 0.471. The van der Waals surface area contributed by atoms with E-state index in [1.54, 1.807) is 0 Å². The highest BCUT2D eigenvalue weighted by Crippen LogP contribution is 2.10. The average Bonchev–Trinajstić information content (AvgIpc) is 3.08. The molecule has 21 heavy (non-hydrogen) atoms. The van der Waals surface area contributed by atoms with Gasteiger partial charge in [0.05, 0.1) is 18.4 Å². The van der Waals surface area contributed by atoms with Crippen molar-refractivity contribution in [3.05, 3.63) is 35.9 Å². The summed E-state index contributed by atoms with van der Waals surface area (Å²) in [5.41, 5.74) is 2.28. The van der Waals surface area contributed by atoms with Crippen molar-refractivity contribution >= 4 is 0 Å². The Kier molecular flexibility index (Phi) is 5.56. The lowest BCUT2D eigenvalue weighted by Crippen LogP contribution is -2.18. The second-order valence-corrected chi connectivity index (χ2v) is 6.12. The molecule has 0 spiro atoms. The Morgan fingerprint density at radius 3 is 2.81 bits per heavy atom. The molecule has 1 N–H and O–H groups in total. The molecule has 0 saturated heterocycles. The van der Waals surface area contributed by atoms with E-state index < -0.39 is 0 Å². The molecule has 0 aromatic carbocycles. The first-order valence-corrected chi connectivity index (χ1v) is 7.84. The molecule has 0 radical (unpaired) electrons. The number of aromatic nitrogens is 4. The Morgan fingerprint density at radius 1 is 1.29 bits per heavy atom. The van der Waals surface area contributed by atoms with Crippen molar-refractivity contribution in [3.63, 3.8) is 0 Å². The van der Waals surface area contributed by atoms with Gasteiger partial charge in [0.15, 0.2) is 0 Å². The molecule has 116 valence electrons. The Bertz CT molecular complexity index is 540. The van der Waals surface area contributed by atoms with Crippen molar-refractivity contribution < 1.29 is 0 Å². The van der Waals surface area contributed by atoms with Crippen LogP contribution in [-0.2, 0) is 13.1 Å². The third-order valence-corrected chi connectivity index (χ3v) is 3.60. The minimum atomic E-state index is 0.451. The molecule has 5 heteroatoms. The molecule has 0 amide bonds. The average molecular weight is 289 g/mol. The first kappa shape index (κ1) is 15.8. The van der Waals surface area contributed by atoms with Gasteiger partial charge >= 0.3 is 0 Å². The molecule has 0 saturated carbocycles. The lowest BCUT2D eigenvalue weighted by Gasteiger charge is -2.08. The summed E-state index contributed by atoms with van der Waals surface area (Å²) in [5.74, 6) is 0.671. The van der Waals surface area contributed by atoms with Gasteiger partial charge in [-0.2, -0.15) is 10.2 Å². The Morgan fingerprint density at radius 2 is 2.10 bits per heavy atom. The van der Waals surface area contributed by atoms with E-state index in [1.165, 1.54) is 5.56 Å². The van der Waals surface area contributed by atoms with E-state index in [0.29, 0.717) is 12.0 Å². The molecule has 5 nitrogen and oxygen atoms in total. The highest BCUT2D eigenvalue weighted by atomic mass is 15.3. The van der Waals surface area contributed by atoms with Gasteiger partial charge in [-0.25, -0.2) is 0 Å². The van der Waals surface area contributed by atoms with Crippen molar-refractivity contribution in [3.8, 4) is 0 Å². The van der Waals surface area contributed by atoms with Crippen LogP contribution >= 0.6 is 0 Å². The molecule has 0 aliphatic heterocycles. The molecule has 0 aliphatic carbocycles. The van der Waals surface area contributed by atoms with Crippen LogP contribution in [0.4, 0.5) is 0 Å². The summed E-state index contributed by atoms with van der Waals surface area (Å²) in [6, 6.07) is 2.53. The quantitative estimate of drug-likeness (QED) is 0.813. The zero-order chi connectivity index (χ0) is 15.2. The zero-order valence-corrected chi connectivity index (χ0v) is 13.6. The summed E-state index contributed by atoms with van der Waals surface area (Å²) >= 11 is 0. The summed E-state index contributed by atoms with van der Waals surface area (Å²) in [7, 11) is 0. The van der Waals surface area contributed by atoms with Gasteiger partial charge in [0.25, 0.3) is 0 Å². The molecule has 0 aliphatic rings. The highest BCUT2D eigenvalue weighted by Gasteiger charge is 2.06. The second-order valence-electron chi connectivity index (χ2n) is 6.12. The van der Waals surface area contributed by atoms with Gasteiger partial charge in [0.2, 0.25) is 0 Å². The van der Waals surface area contributed by atoms with Crippen molar-refractivity contribution in [2.45, 2.75) is 53.2 Å². The highest BCUT2D eigenvalue weighted by molar-refractivity contribution is 5.06. The first-order valence-electron chi connectivity index (χ1n) is 7.84. The molecular formula is C16H27N5. The monoisotopic (exact) mass is 289 g/mol. The van der Waals surface area contributed by atoms with E-state index in [1.807, 2.05) is 15.6 Å². The van der Waals surface area contributed by atoms with E-state index in [9.17, 15) is 0 Å². The zero-order valence-electron chi connectivity index (χ0n) is 13.6. The summed E-state index contributed by atoms with van der Waals surface area (Å²) in [4.78, 5) is 0. The number of nitrogens with one attached hydrogen (secondary N) is 1. The van der Waals surface area contributed by atoms with Crippen LogP contribution in [0.3, 0.4) is 0 Å². The third-order valence-electron chi connectivity index (χ3n) is 3.60. The van der Waals surface area contributed by atoms with Crippen LogP contribution in [0, 0.1) is 5.92 Å². The number of hydrogen-bond donors (Lipinski definition) is 1. The van der Waals surface area contributed by atoms with Gasteiger partial charge in [0, 0.05) is 30.5 Å². The summed E-state index contributed by atoms with van der Waals surface area (Å²) in [6.07, 6.45) is 7.17. The first-order chi connectivity index (χ1) is 10.1. The van der Waals surface area contributed by atoms with Gasteiger partial charge in [-0.1, -0.05) is 20.8 Å². The van der Waals surface area contributed by atoms with Crippen molar-refractivity contribution in [1.82, 2.24) is 24.9 Å². The van der Waals surface area contributed by atoms with Gasteiger partial charge in [0.1, 0.15) is 0 Å². The van der Waals surface area contributed by atoms with Crippen LogP contribution in [0.25, 0.3) is 0 Å². The van der Waals surface area contributed by atoms with Crippen LogP contribution < -0.4 is 5.32 Å². The number of nitrogens with zero attached hydrogens (tertiary/aromatic N) is 4. The predicted molar refractivity (Wildman–Crippen MR) is 85.1 cm³/mol. The molecule has 0 bridgehead atoms. The lowest BCUT2D eigenvalue weighted by atomic mass is 10.2. The van der Waals surface area contributed by atoms with E-state index in [0.717, 1.165) is 31.7 Å². The van der Waals surface area contributed by atoms with Crippen molar-refractivity contribution in [2.75, 3.05) is 6.54 Å². The third kappa shape index (κ3) is 4.70. The molecule has 0 fully saturated rings. The maximum atomic E-state index is 4.61. The fraction of sp³-hybridized carbons (Fsp3) is 0.625. The molecule has 2 aromatic rings. The standard InChI is InChI=1S/C16H27N5/c1-5-14(4)21-7-6-16(19-21)12-20-11-15(10-18-20)9-17-8-13(2)3/h6-7,10-11,13-14,17H,5,8-9,12H2,1-4H3. The van der Waals surface area contributed by atoms with E-state index in [-0.39, 0.29) is 0 Å². The number of rotatable bonds is 8. The van der Waals surface area contributed by atoms with Gasteiger partial charge in [-0.05, 0) is 31.9 Å². The second kappa shape index (κ2) is 7.41. The van der Waals surface area contributed by atoms with Gasteiger partial charge in [-0.3, -0.25) is 9.36 Å². The normalized spacial score (nSPS) is 13.0. The maximum absolute atomic E-state index is 4.61. The smallest absolute Gasteiger partial charge is 0.0849 e. The minimum absolute atomic E-state index is 0.451. The predicted octanol–water partition coefficient (Wildman–Crippen LogP) is 2.84. The molecule has 1 atom stereocenters. The topological polar surface area (TPSA) is 47.7 Å². The van der Waals surface area contributed by atoms with Crippen LogP contribution in [0.15, 0.2) is 24.7 Å². The molecular weight excluding hydrogens is 262 g/mol. The molecule has 2 heterocycles. The van der Waals surface area contributed by atoms with Crippen LogP contribution in [0.2, 0.25) is 0 Å². The molecule has 2 aromatic heterocycles. The Hall–Kier alpha value is -1.62. The minimum Gasteiger partial charge on any atom is -0.312 e. The van der Waals surface area contributed by atoms with Crippen molar-refractivity contribution in [1.29, 1.82) is 0 Å². The number of hydrogen-bond acceptors (Lipinski definition) is 3.